The molecule has 0 spiro atoms. The molecule has 0 radical (unpaired) electrons. The van der Waals surface area contributed by atoms with E-state index in [9.17, 15) is 18.0 Å². The predicted molar refractivity (Wildman–Crippen MR) is 59.5 cm³/mol. The van der Waals surface area contributed by atoms with Crippen molar-refractivity contribution in [2.24, 2.45) is 0 Å². The summed E-state index contributed by atoms with van der Waals surface area (Å²) in [4.78, 5) is 16.6. The summed E-state index contributed by atoms with van der Waals surface area (Å²) in [6.45, 7) is 0.142. The van der Waals surface area contributed by atoms with E-state index in [2.05, 4.69) is 4.98 Å². The molecule has 0 unspecified atom stereocenters. The quantitative estimate of drug-likeness (QED) is 0.797. The summed E-state index contributed by atoms with van der Waals surface area (Å²) in [5.41, 5.74) is 1.86. The molecule has 0 atom stereocenters. The highest BCUT2D eigenvalue weighted by Gasteiger charge is 2.33. The van der Waals surface area contributed by atoms with Gasteiger partial charge in [0, 0.05) is 12.4 Å². The molecule has 1 amide bonds. The van der Waals surface area contributed by atoms with E-state index in [4.69, 9.17) is 11.6 Å². The molecule has 1 heterocycles. The number of aromatic nitrogens is 1. The third-order valence-electron chi connectivity index (χ3n) is 1.95. The minimum atomic E-state index is -4.43. The number of hydrogen-bond donors (Lipinski definition) is 0. The molecule has 1 aromatic heterocycles. The van der Waals surface area contributed by atoms with Crippen LogP contribution in [0.1, 0.15) is 15.4 Å². The van der Waals surface area contributed by atoms with Crippen LogP contribution in [0.15, 0.2) is 5.51 Å². The standard InChI is InChI=1S/C9H10ClF3N2OS/c1-6-7(17-5-14-6)8(16)15(3-2-10)4-9(11,12)13/h5H,2-4H2,1H3. The summed E-state index contributed by atoms with van der Waals surface area (Å²) in [6, 6.07) is 0. The summed E-state index contributed by atoms with van der Waals surface area (Å²) in [5, 5.41) is 0. The van der Waals surface area contributed by atoms with Gasteiger partial charge in [-0.15, -0.1) is 22.9 Å². The van der Waals surface area contributed by atoms with E-state index in [1.54, 1.807) is 6.92 Å². The Labute approximate surface area is 105 Å². The Morgan fingerprint density at radius 2 is 2.24 bits per heavy atom. The fraction of sp³-hybridized carbons (Fsp3) is 0.556. The van der Waals surface area contributed by atoms with E-state index < -0.39 is 18.6 Å². The first kappa shape index (κ1) is 14.2. The highest BCUT2D eigenvalue weighted by molar-refractivity contribution is 7.11. The topological polar surface area (TPSA) is 33.2 Å². The highest BCUT2D eigenvalue weighted by Crippen LogP contribution is 2.20. The summed E-state index contributed by atoms with van der Waals surface area (Å²) >= 11 is 6.42. The van der Waals surface area contributed by atoms with Crippen molar-refractivity contribution in [2.75, 3.05) is 19.0 Å². The van der Waals surface area contributed by atoms with Gasteiger partial charge >= 0.3 is 6.18 Å². The van der Waals surface area contributed by atoms with Gasteiger partial charge in [0.1, 0.15) is 11.4 Å². The second-order valence-electron chi connectivity index (χ2n) is 3.30. The average Bonchev–Trinajstić information content (AvgIpc) is 2.61. The van der Waals surface area contributed by atoms with Crippen molar-refractivity contribution in [1.29, 1.82) is 0 Å². The molecule has 0 aliphatic carbocycles. The molecule has 96 valence electrons. The number of aryl methyl sites for hydroxylation is 1. The van der Waals surface area contributed by atoms with Crippen molar-refractivity contribution < 1.29 is 18.0 Å². The van der Waals surface area contributed by atoms with Crippen LogP contribution in [0.2, 0.25) is 0 Å². The van der Waals surface area contributed by atoms with Crippen LogP contribution < -0.4 is 0 Å². The lowest BCUT2D eigenvalue weighted by Gasteiger charge is -2.22. The molecule has 0 saturated carbocycles. The van der Waals surface area contributed by atoms with Gasteiger partial charge in [-0.1, -0.05) is 0 Å². The Balaban J connectivity index is 2.84. The zero-order valence-electron chi connectivity index (χ0n) is 8.92. The minimum absolute atomic E-state index is 0.0420. The molecular formula is C9H10ClF3N2OS. The monoisotopic (exact) mass is 286 g/mol. The van der Waals surface area contributed by atoms with Crippen LogP contribution in [0.25, 0.3) is 0 Å². The smallest absolute Gasteiger partial charge is 0.328 e. The van der Waals surface area contributed by atoms with Gasteiger partial charge in [-0.05, 0) is 6.92 Å². The van der Waals surface area contributed by atoms with E-state index >= 15 is 0 Å². The molecule has 17 heavy (non-hydrogen) atoms. The normalized spacial score (nSPS) is 11.6. The molecule has 0 fully saturated rings. The van der Waals surface area contributed by atoms with Crippen LogP contribution in [0, 0.1) is 6.92 Å². The lowest BCUT2D eigenvalue weighted by atomic mass is 10.3. The van der Waals surface area contributed by atoms with Crippen molar-refractivity contribution >= 4 is 28.8 Å². The van der Waals surface area contributed by atoms with Gasteiger partial charge in [-0.25, -0.2) is 4.98 Å². The first-order chi connectivity index (χ1) is 7.85. The number of rotatable bonds is 4. The lowest BCUT2D eigenvalue weighted by Crippen LogP contribution is -2.40. The first-order valence-electron chi connectivity index (χ1n) is 4.67. The number of thiazole rings is 1. The maximum atomic E-state index is 12.3. The summed E-state index contributed by atoms with van der Waals surface area (Å²) in [6.07, 6.45) is -4.43. The highest BCUT2D eigenvalue weighted by atomic mass is 35.5. The lowest BCUT2D eigenvalue weighted by molar-refractivity contribution is -0.140. The fourth-order valence-electron chi connectivity index (χ4n) is 1.22. The average molecular weight is 287 g/mol. The van der Waals surface area contributed by atoms with Gasteiger partial charge in [-0.3, -0.25) is 4.79 Å². The second-order valence-corrected chi connectivity index (χ2v) is 4.53. The minimum Gasteiger partial charge on any atom is -0.328 e. The molecule has 0 aromatic carbocycles. The number of carbonyl (C=O) groups excluding carboxylic acids is 1. The van der Waals surface area contributed by atoms with Gasteiger partial charge in [0.05, 0.1) is 11.2 Å². The van der Waals surface area contributed by atoms with Gasteiger partial charge in [0.15, 0.2) is 0 Å². The number of amides is 1. The number of hydrogen-bond acceptors (Lipinski definition) is 3. The van der Waals surface area contributed by atoms with Crippen molar-refractivity contribution in [2.45, 2.75) is 13.1 Å². The van der Waals surface area contributed by atoms with Crippen molar-refractivity contribution in [3.8, 4) is 0 Å². The predicted octanol–water partition coefficient (Wildman–Crippen LogP) is 2.69. The van der Waals surface area contributed by atoms with E-state index in [-0.39, 0.29) is 17.3 Å². The SMILES string of the molecule is Cc1ncsc1C(=O)N(CCCl)CC(F)(F)F. The summed E-state index contributed by atoms with van der Waals surface area (Å²) in [7, 11) is 0. The van der Waals surface area contributed by atoms with Crippen LogP contribution in [0.3, 0.4) is 0 Å². The Kier molecular flexibility index (Phi) is 4.76. The molecule has 1 rings (SSSR count). The Bertz CT molecular complexity index is 394. The molecular weight excluding hydrogens is 277 g/mol. The molecule has 3 nitrogen and oxygen atoms in total. The van der Waals surface area contributed by atoms with E-state index in [0.717, 1.165) is 11.3 Å². The molecule has 0 N–H and O–H groups in total. The third kappa shape index (κ3) is 4.16. The largest absolute Gasteiger partial charge is 0.406 e. The van der Waals surface area contributed by atoms with Crippen molar-refractivity contribution in [3.63, 3.8) is 0 Å². The number of carbonyl (C=O) groups is 1. The summed E-state index contributed by atoms with van der Waals surface area (Å²) < 4.78 is 36.8. The zero-order valence-corrected chi connectivity index (χ0v) is 10.5. The number of alkyl halides is 4. The molecule has 0 bridgehead atoms. The van der Waals surface area contributed by atoms with E-state index in [1.807, 2.05) is 0 Å². The van der Waals surface area contributed by atoms with Crippen molar-refractivity contribution in [1.82, 2.24) is 9.88 Å². The zero-order chi connectivity index (χ0) is 13.1. The van der Waals surface area contributed by atoms with E-state index in [0.29, 0.717) is 10.6 Å². The molecule has 1 aromatic rings. The number of halogens is 4. The second kappa shape index (κ2) is 5.68. The molecule has 8 heteroatoms. The first-order valence-corrected chi connectivity index (χ1v) is 6.08. The van der Waals surface area contributed by atoms with Crippen LogP contribution in [0.4, 0.5) is 13.2 Å². The molecule has 0 aliphatic rings. The van der Waals surface area contributed by atoms with Gasteiger partial charge in [0.2, 0.25) is 0 Å². The van der Waals surface area contributed by atoms with Crippen LogP contribution >= 0.6 is 22.9 Å². The maximum absolute atomic E-state index is 12.3. The Morgan fingerprint density at radius 3 is 2.65 bits per heavy atom. The van der Waals surface area contributed by atoms with Gasteiger partial charge < -0.3 is 4.90 Å². The molecule has 0 saturated heterocycles. The fourth-order valence-corrected chi connectivity index (χ4v) is 2.20. The van der Waals surface area contributed by atoms with E-state index in [1.165, 1.54) is 5.51 Å². The Morgan fingerprint density at radius 1 is 1.59 bits per heavy atom. The number of nitrogens with zero attached hydrogens (tertiary/aromatic N) is 2. The van der Waals surface area contributed by atoms with Crippen molar-refractivity contribution in [3.05, 3.63) is 16.1 Å². The maximum Gasteiger partial charge on any atom is 0.406 e. The third-order valence-corrected chi connectivity index (χ3v) is 3.04. The van der Waals surface area contributed by atoms with Crippen LogP contribution in [-0.4, -0.2) is 40.9 Å². The Hall–Kier alpha value is -0.820. The summed E-state index contributed by atoms with van der Waals surface area (Å²) in [5.74, 6) is -0.720. The van der Waals surface area contributed by atoms with Gasteiger partial charge in [-0.2, -0.15) is 13.2 Å². The van der Waals surface area contributed by atoms with Crippen LogP contribution in [0.5, 0.6) is 0 Å². The van der Waals surface area contributed by atoms with Crippen LogP contribution in [-0.2, 0) is 0 Å². The van der Waals surface area contributed by atoms with Gasteiger partial charge in [0.25, 0.3) is 5.91 Å². The molecule has 0 aliphatic heterocycles.